The maximum atomic E-state index is 8.79. The molecule has 0 saturated heterocycles. The molecule has 0 spiro atoms. The summed E-state index contributed by atoms with van der Waals surface area (Å²) in [5, 5.41) is 36.3. The molecule has 7 N–H and O–H groups in total. The van der Waals surface area contributed by atoms with E-state index in [4.69, 9.17) is 26.2 Å². The first-order valence-electron chi connectivity index (χ1n) is 3.77. The first-order valence-corrected chi connectivity index (χ1v) is 3.77. The molecule has 1 atom stereocenters. The SMILES string of the molecule is NCCCCNC(O)C(O)(O)O. The number of aliphatic hydroxyl groups is 4. The number of hydrogen-bond donors (Lipinski definition) is 6. The highest BCUT2D eigenvalue weighted by atomic mass is 16.7. The Kier molecular flexibility index (Phi) is 5.31. The molecule has 0 radical (unpaired) electrons. The van der Waals surface area contributed by atoms with Gasteiger partial charge in [0.25, 0.3) is 0 Å². The fourth-order valence-corrected chi connectivity index (χ4v) is 0.645. The molecule has 74 valence electrons. The predicted molar refractivity (Wildman–Crippen MR) is 41.7 cm³/mol. The third kappa shape index (κ3) is 5.42. The standard InChI is InChI=1S/C6H16N2O4/c7-3-1-2-4-8-5(9)6(10,11)12/h5,8-12H,1-4,7H2. The fourth-order valence-electron chi connectivity index (χ4n) is 0.645. The Labute approximate surface area is 70.6 Å². The van der Waals surface area contributed by atoms with Gasteiger partial charge in [0.15, 0.2) is 6.23 Å². The van der Waals surface area contributed by atoms with Crippen LogP contribution in [0.25, 0.3) is 0 Å². The summed E-state index contributed by atoms with van der Waals surface area (Å²) in [6.45, 7) is 0.905. The minimum Gasteiger partial charge on any atom is -0.371 e. The summed E-state index contributed by atoms with van der Waals surface area (Å²) in [6, 6.07) is 0. The third-order valence-electron chi connectivity index (χ3n) is 1.34. The van der Waals surface area contributed by atoms with E-state index in [0.29, 0.717) is 19.5 Å². The summed E-state index contributed by atoms with van der Waals surface area (Å²) < 4.78 is 0. The maximum absolute atomic E-state index is 8.79. The second kappa shape index (κ2) is 5.41. The van der Waals surface area contributed by atoms with E-state index in [0.717, 1.165) is 6.42 Å². The van der Waals surface area contributed by atoms with Crippen molar-refractivity contribution in [2.24, 2.45) is 5.73 Å². The number of rotatable bonds is 6. The monoisotopic (exact) mass is 180 g/mol. The van der Waals surface area contributed by atoms with Gasteiger partial charge in [-0.05, 0) is 25.9 Å². The van der Waals surface area contributed by atoms with E-state index in [9.17, 15) is 0 Å². The Hall–Kier alpha value is -0.240. The fraction of sp³-hybridized carbons (Fsp3) is 1.00. The zero-order chi connectivity index (χ0) is 9.61. The maximum Gasteiger partial charge on any atom is 0.317 e. The molecule has 0 aromatic rings. The van der Waals surface area contributed by atoms with Gasteiger partial charge in [-0.15, -0.1) is 0 Å². The highest BCUT2D eigenvalue weighted by molar-refractivity contribution is 4.60. The average Bonchev–Trinajstić information content (AvgIpc) is 1.96. The van der Waals surface area contributed by atoms with Crippen molar-refractivity contribution in [3.05, 3.63) is 0 Å². The van der Waals surface area contributed by atoms with E-state index in [2.05, 4.69) is 5.32 Å². The first-order chi connectivity index (χ1) is 5.48. The molecule has 6 nitrogen and oxygen atoms in total. The number of aliphatic hydroxyl groups excluding tert-OH is 1. The van der Waals surface area contributed by atoms with Crippen LogP contribution in [0.15, 0.2) is 0 Å². The van der Waals surface area contributed by atoms with E-state index in [1.165, 1.54) is 0 Å². The first kappa shape index (κ1) is 11.8. The van der Waals surface area contributed by atoms with Crippen molar-refractivity contribution in [2.75, 3.05) is 13.1 Å². The van der Waals surface area contributed by atoms with Gasteiger partial charge >= 0.3 is 5.97 Å². The molecule has 0 bridgehead atoms. The van der Waals surface area contributed by atoms with Crippen LogP contribution in [0.2, 0.25) is 0 Å². The van der Waals surface area contributed by atoms with Crippen molar-refractivity contribution < 1.29 is 20.4 Å². The van der Waals surface area contributed by atoms with Crippen LogP contribution in [-0.2, 0) is 0 Å². The summed E-state index contributed by atoms with van der Waals surface area (Å²) in [5.41, 5.74) is 5.19. The largest absolute Gasteiger partial charge is 0.371 e. The average molecular weight is 180 g/mol. The topological polar surface area (TPSA) is 119 Å². The number of unbranched alkanes of at least 4 members (excludes halogenated alkanes) is 1. The predicted octanol–water partition coefficient (Wildman–Crippen LogP) is -2.74. The lowest BCUT2D eigenvalue weighted by Crippen LogP contribution is -2.51. The molecule has 12 heavy (non-hydrogen) atoms. The van der Waals surface area contributed by atoms with Crippen LogP contribution < -0.4 is 11.1 Å². The van der Waals surface area contributed by atoms with Crippen molar-refractivity contribution in [3.8, 4) is 0 Å². The van der Waals surface area contributed by atoms with E-state index in [-0.39, 0.29) is 0 Å². The van der Waals surface area contributed by atoms with Gasteiger partial charge in [0, 0.05) is 0 Å². The number of nitrogens with two attached hydrogens (primary N) is 1. The van der Waals surface area contributed by atoms with Gasteiger partial charge < -0.3 is 26.2 Å². The van der Waals surface area contributed by atoms with Gasteiger partial charge in [0.2, 0.25) is 0 Å². The molecule has 0 amide bonds. The molecule has 0 aliphatic heterocycles. The van der Waals surface area contributed by atoms with Gasteiger partial charge in [-0.3, -0.25) is 5.32 Å². The van der Waals surface area contributed by atoms with Crippen molar-refractivity contribution in [1.29, 1.82) is 0 Å². The third-order valence-corrected chi connectivity index (χ3v) is 1.34. The van der Waals surface area contributed by atoms with Crippen LogP contribution >= 0.6 is 0 Å². The molecule has 0 fully saturated rings. The minimum absolute atomic E-state index is 0.363. The van der Waals surface area contributed by atoms with E-state index in [1.54, 1.807) is 0 Å². The van der Waals surface area contributed by atoms with Gasteiger partial charge in [0.1, 0.15) is 0 Å². The molecular formula is C6H16N2O4. The number of nitrogens with one attached hydrogen (secondary N) is 1. The molecule has 0 heterocycles. The Morgan fingerprint density at radius 2 is 1.83 bits per heavy atom. The molecule has 0 aromatic heterocycles. The molecule has 0 aliphatic carbocycles. The van der Waals surface area contributed by atoms with Crippen LogP contribution in [0.4, 0.5) is 0 Å². The van der Waals surface area contributed by atoms with Gasteiger partial charge in [-0.25, -0.2) is 0 Å². The molecule has 1 unspecified atom stereocenters. The second-order valence-electron chi connectivity index (χ2n) is 2.54. The Bertz CT molecular complexity index is 115. The number of hydrogen-bond acceptors (Lipinski definition) is 6. The molecule has 0 rings (SSSR count). The Balaban J connectivity index is 3.38. The van der Waals surface area contributed by atoms with E-state index >= 15 is 0 Å². The van der Waals surface area contributed by atoms with Gasteiger partial charge in [-0.2, -0.15) is 0 Å². The van der Waals surface area contributed by atoms with Crippen LogP contribution in [0, 0.1) is 0 Å². The Morgan fingerprint density at radius 1 is 1.25 bits per heavy atom. The van der Waals surface area contributed by atoms with E-state index in [1.807, 2.05) is 0 Å². The minimum atomic E-state index is -3.08. The smallest absolute Gasteiger partial charge is 0.317 e. The second-order valence-corrected chi connectivity index (χ2v) is 2.54. The lowest BCUT2D eigenvalue weighted by atomic mass is 10.3. The molecule has 0 saturated carbocycles. The van der Waals surface area contributed by atoms with Crippen LogP contribution in [-0.4, -0.2) is 45.7 Å². The normalized spacial score (nSPS) is 14.8. The molecule has 0 aromatic carbocycles. The molecule has 0 aliphatic rings. The summed E-state index contributed by atoms with van der Waals surface area (Å²) >= 11 is 0. The molecular weight excluding hydrogens is 164 g/mol. The van der Waals surface area contributed by atoms with Gasteiger partial charge in [0.05, 0.1) is 0 Å². The molecule has 6 heteroatoms. The quantitative estimate of drug-likeness (QED) is 0.195. The highest BCUT2D eigenvalue weighted by Crippen LogP contribution is 1.97. The lowest BCUT2D eigenvalue weighted by molar-refractivity contribution is -0.360. The van der Waals surface area contributed by atoms with Gasteiger partial charge in [-0.1, -0.05) is 0 Å². The van der Waals surface area contributed by atoms with Crippen LogP contribution in [0.1, 0.15) is 12.8 Å². The van der Waals surface area contributed by atoms with Crippen molar-refractivity contribution in [1.82, 2.24) is 5.32 Å². The lowest BCUT2D eigenvalue weighted by Gasteiger charge is -2.21. The van der Waals surface area contributed by atoms with Crippen molar-refractivity contribution >= 4 is 0 Å². The Morgan fingerprint density at radius 3 is 2.25 bits per heavy atom. The van der Waals surface area contributed by atoms with E-state index < -0.39 is 12.2 Å². The zero-order valence-corrected chi connectivity index (χ0v) is 6.77. The summed E-state index contributed by atoms with van der Waals surface area (Å²) in [7, 11) is 0. The van der Waals surface area contributed by atoms with Crippen molar-refractivity contribution in [3.63, 3.8) is 0 Å². The van der Waals surface area contributed by atoms with Crippen LogP contribution in [0.5, 0.6) is 0 Å². The zero-order valence-electron chi connectivity index (χ0n) is 6.77. The van der Waals surface area contributed by atoms with Crippen LogP contribution in [0.3, 0.4) is 0 Å². The summed E-state index contributed by atoms with van der Waals surface area (Å²) in [6.07, 6.45) is -0.283. The summed E-state index contributed by atoms with van der Waals surface area (Å²) in [5.74, 6) is -3.08. The highest BCUT2D eigenvalue weighted by Gasteiger charge is 2.29. The van der Waals surface area contributed by atoms with Crippen molar-refractivity contribution in [2.45, 2.75) is 25.0 Å². The summed E-state index contributed by atoms with van der Waals surface area (Å²) in [4.78, 5) is 0.